The second-order valence-corrected chi connectivity index (χ2v) is 4.45. The smallest absolute Gasteiger partial charge is 0.251 e. The number of rotatable bonds is 3. The summed E-state index contributed by atoms with van der Waals surface area (Å²) >= 11 is 5.91. The van der Waals surface area contributed by atoms with Crippen LogP contribution in [0.2, 0.25) is 5.02 Å². The van der Waals surface area contributed by atoms with Gasteiger partial charge in [-0.1, -0.05) is 17.7 Å². The van der Waals surface area contributed by atoms with E-state index in [9.17, 15) is 4.79 Å². The molecule has 0 heterocycles. The van der Waals surface area contributed by atoms with Crippen molar-refractivity contribution in [1.29, 1.82) is 0 Å². The lowest BCUT2D eigenvalue weighted by atomic mass is 10.1. The van der Waals surface area contributed by atoms with Crippen molar-refractivity contribution in [3.8, 4) is 0 Å². The van der Waals surface area contributed by atoms with Gasteiger partial charge in [0.25, 0.3) is 5.91 Å². The predicted octanol–water partition coefficient (Wildman–Crippen LogP) is 3.03. The van der Waals surface area contributed by atoms with E-state index in [2.05, 4.69) is 10.6 Å². The molecule has 0 bridgehead atoms. The third kappa shape index (κ3) is 3.17. The first-order valence-corrected chi connectivity index (χ1v) is 6.12. The Labute approximate surface area is 116 Å². The maximum absolute atomic E-state index is 11.5. The Bertz CT molecular complexity index is 613. The molecule has 4 nitrogen and oxygen atoms in total. The number of anilines is 3. The molecule has 2 rings (SSSR count). The summed E-state index contributed by atoms with van der Waals surface area (Å²) in [7, 11) is 1.58. The van der Waals surface area contributed by atoms with Crippen molar-refractivity contribution in [3.63, 3.8) is 0 Å². The van der Waals surface area contributed by atoms with Gasteiger partial charge in [0.2, 0.25) is 0 Å². The van der Waals surface area contributed by atoms with E-state index in [1.807, 2.05) is 12.1 Å². The summed E-state index contributed by atoms with van der Waals surface area (Å²) in [5, 5.41) is 6.35. The maximum atomic E-state index is 11.5. The van der Waals surface area contributed by atoms with E-state index in [-0.39, 0.29) is 5.91 Å². The highest BCUT2D eigenvalue weighted by molar-refractivity contribution is 6.30. The molecule has 98 valence electrons. The van der Waals surface area contributed by atoms with Crippen LogP contribution in [0.15, 0.2) is 42.5 Å². The van der Waals surface area contributed by atoms with Crippen LogP contribution in [0.3, 0.4) is 0 Å². The van der Waals surface area contributed by atoms with Crippen molar-refractivity contribution in [2.45, 2.75) is 0 Å². The van der Waals surface area contributed by atoms with Crippen molar-refractivity contribution in [3.05, 3.63) is 53.1 Å². The molecule has 4 N–H and O–H groups in total. The summed E-state index contributed by atoms with van der Waals surface area (Å²) in [5.74, 6) is -0.166. The van der Waals surface area contributed by atoms with Crippen LogP contribution >= 0.6 is 11.6 Å². The summed E-state index contributed by atoms with van der Waals surface area (Å²) in [5.41, 5.74) is 8.52. The first-order chi connectivity index (χ1) is 9.10. The first kappa shape index (κ1) is 13.2. The van der Waals surface area contributed by atoms with Crippen molar-refractivity contribution in [2.24, 2.45) is 0 Å². The molecule has 0 radical (unpaired) electrons. The second-order valence-electron chi connectivity index (χ2n) is 4.02. The molecule has 0 atom stereocenters. The van der Waals surface area contributed by atoms with Gasteiger partial charge in [-0.15, -0.1) is 0 Å². The van der Waals surface area contributed by atoms with Gasteiger partial charge in [0.05, 0.1) is 11.4 Å². The molecular formula is C14H14ClN3O. The van der Waals surface area contributed by atoms with Gasteiger partial charge in [-0.2, -0.15) is 0 Å². The Hall–Kier alpha value is -2.20. The standard InChI is InChI=1S/C14H14ClN3O/c1-17-14(19)9-5-6-13(12(16)7-9)18-11-4-2-3-10(15)8-11/h2-8,18H,16H2,1H3,(H,17,19). The van der Waals surface area contributed by atoms with E-state index in [4.69, 9.17) is 17.3 Å². The average Bonchev–Trinajstić information content (AvgIpc) is 2.40. The predicted molar refractivity (Wildman–Crippen MR) is 79.0 cm³/mol. The molecule has 2 aromatic rings. The Morgan fingerprint density at radius 3 is 2.63 bits per heavy atom. The van der Waals surface area contributed by atoms with E-state index in [0.717, 1.165) is 11.4 Å². The second kappa shape index (κ2) is 5.63. The van der Waals surface area contributed by atoms with Crippen molar-refractivity contribution in [2.75, 3.05) is 18.1 Å². The molecule has 2 aromatic carbocycles. The van der Waals surface area contributed by atoms with Gasteiger partial charge >= 0.3 is 0 Å². The van der Waals surface area contributed by atoms with Crippen LogP contribution in [0.4, 0.5) is 17.1 Å². The number of hydrogen-bond acceptors (Lipinski definition) is 3. The molecule has 0 unspecified atom stereocenters. The highest BCUT2D eigenvalue weighted by atomic mass is 35.5. The molecule has 0 saturated heterocycles. The lowest BCUT2D eigenvalue weighted by molar-refractivity contribution is 0.0963. The minimum atomic E-state index is -0.166. The van der Waals surface area contributed by atoms with Crippen LogP contribution in [-0.4, -0.2) is 13.0 Å². The van der Waals surface area contributed by atoms with Crippen LogP contribution < -0.4 is 16.4 Å². The summed E-state index contributed by atoms with van der Waals surface area (Å²) in [4.78, 5) is 11.5. The van der Waals surface area contributed by atoms with Crippen LogP contribution in [0.25, 0.3) is 0 Å². The number of carbonyl (C=O) groups excluding carboxylic acids is 1. The molecule has 1 amide bonds. The third-order valence-electron chi connectivity index (χ3n) is 2.64. The maximum Gasteiger partial charge on any atom is 0.251 e. The van der Waals surface area contributed by atoms with E-state index in [0.29, 0.717) is 16.3 Å². The number of amides is 1. The van der Waals surface area contributed by atoms with Gasteiger partial charge in [0, 0.05) is 23.3 Å². The molecule has 0 aliphatic heterocycles. The number of nitrogens with two attached hydrogens (primary N) is 1. The lowest BCUT2D eigenvalue weighted by Gasteiger charge is -2.11. The molecule has 0 spiro atoms. The van der Waals surface area contributed by atoms with Crippen LogP contribution in [0.1, 0.15) is 10.4 Å². The summed E-state index contributed by atoms with van der Waals surface area (Å²) in [6, 6.07) is 12.4. The number of nitrogens with one attached hydrogen (secondary N) is 2. The van der Waals surface area contributed by atoms with Gasteiger partial charge in [-0.05, 0) is 36.4 Å². The molecule has 0 aliphatic carbocycles. The third-order valence-corrected chi connectivity index (χ3v) is 2.88. The normalized spacial score (nSPS) is 10.0. The molecule has 0 aliphatic rings. The Kier molecular flexibility index (Phi) is 3.92. The van der Waals surface area contributed by atoms with Gasteiger partial charge in [0.1, 0.15) is 0 Å². The number of carbonyl (C=O) groups is 1. The fourth-order valence-corrected chi connectivity index (χ4v) is 1.87. The van der Waals surface area contributed by atoms with E-state index < -0.39 is 0 Å². The highest BCUT2D eigenvalue weighted by Crippen LogP contribution is 2.25. The molecule has 5 heteroatoms. The molecular weight excluding hydrogens is 262 g/mol. The zero-order valence-corrected chi connectivity index (χ0v) is 11.2. The monoisotopic (exact) mass is 275 g/mol. The lowest BCUT2D eigenvalue weighted by Crippen LogP contribution is -2.17. The minimum Gasteiger partial charge on any atom is -0.397 e. The summed E-state index contributed by atoms with van der Waals surface area (Å²) in [6.45, 7) is 0. The van der Waals surface area contributed by atoms with Crippen molar-refractivity contribution in [1.82, 2.24) is 5.32 Å². The fourth-order valence-electron chi connectivity index (χ4n) is 1.68. The largest absolute Gasteiger partial charge is 0.397 e. The van der Waals surface area contributed by atoms with Crippen LogP contribution in [0, 0.1) is 0 Å². The number of benzene rings is 2. The highest BCUT2D eigenvalue weighted by Gasteiger charge is 2.06. The first-order valence-electron chi connectivity index (χ1n) is 5.74. The van der Waals surface area contributed by atoms with Crippen LogP contribution in [0.5, 0.6) is 0 Å². The van der Waals surface area contributed by atoms with Gasteiger partial charge in [-0.3, -0.25) is 4.79 Å². The van der Waals surface area contributed by atoms with Gasteiger partial charge in [0.15, 0.2) is 0 Å². The van der Waals surface area contributed by atoms with Gasteiger partial charge < -0.3 is 16.4 Å². The quantitative estimate of drug-likeness (QED) is 0.754. The Balaban J connectivity index is 2.24. The fraction of sp³-hybridized carbons (Fsp3) is 0.0714. The Morgan fingerprint density at radius 1 is 1.21 bits per heavy atom. The van der Waals surface area contributed by atoms with Gasteiger partial charge in [-0.25, -0.2) is 0 Å². The SMILES string of the molecule is CNC(=O)c1ccc(Nc2cccc(Cl)c2)c(N)c1. The topological polar surface area (TPSA) is 67.2 Å². The number of hydrogen-bond donors (Lipinski definition) is 3. The molecule has 0 aromatic heterocycles. The number of halogens is 1. The molecule has 0 saturated carbocycles. The molecule has 19 heavy (non-hydrogen) atoms. The van der Waals surface area contributed by atoms with Crippen LogP contribution in [-0.2, 0) is 0 Å². The van der Waals surface area contributed by atoms with Crippen molar-refractivity contribution < 1.29 is 4.79 Å². The Morgan fingerprint density at radius 2 is 2.00 bits per heavy atom. The van der Waals surface area contributed by atoms with E-state index in [1.54, 1.807) is 37.4 Å². The zero-order chi connectivity index (χ0) is 13.8. The van der Waals surface area contributed by atoms with Crippen molar-refractivity contribution >= 4 is 34.6 Å². The average molecular weight is 276 g/mol. The summed E-state index contributed by atoms with van der Waals surface area (Å²) in [6.07, 6.45) is 0. The van der Waals surface area contributed by atoms with E-state index >= 15 is 0 Å². The zero-order valence-electron chi connectivity index (χ0n) is 10.4. The molecule has 0 fully saturated rings. The minimum absolute atomic E-state index is 0.166. The number of nitrogen functional groups attached to an aromatic ring is 1. The summed E-state index contributed by atoms with van der Waals surface area (Å²) < 4.78 is 0. The van der Waals surface area contributed by atoms with E-state index in [1.165, 1.54) is 0 Å².